The van der Waals surface area contributed by atoms with Crippen LogP contribution >= 0.6 is 24.2 Å². The first-order chi connectivity index (χ1) is 6.70. The van der Waals surface area contributed by atoms with E-state index in [1.165, 1.54) is 9.58 Å². The van der Waals surface area contributed by atoms with Crippen molar-refractivity contribution in [1.29, 1.82) is 0 Å². The Morgan fingerprint density at radius 3 is 2.93 bits per heavy atom. The first-order valence-electron chi connectivity index (χ1n) is 4.06. The van der Waals surface area contributed by atoms with Gasteiger partial charge in [-0.05, 0) is 36.6 Å². The van der Waals surface area contributed by atoms with Crippen LogP contribution in [0.4, 0.5) is 0 Å². The quantitative estimate of drug-likeness (QED) is 0.594. The topological polar surface area (TPSA) is 26.3 Å². The van der Waals surface area contributed by atoms with Crippen LogP contribution in [0.3, 0.4) is 0 Å². The molecule has 1 aromatic carbocycles. The largest absolute Gasteiger partial charge is 0.391 e. The molecule has 0 bridgehead atoms. The summed E-state index contributed by atoms with van der Waals surface area (Å²) in [5, 5.41) is 1.07. The molecule has 0 aliphatic carbocycles. The zero-order valence-corrected chi connectivity index (χ0v) is 9.19. The van der Waals surface area contributed by atoms with Crippen LogP contribution in [0.5, 0.6) is 0 Å². The Balaban J connectivity index is 2.55. The molecule has 1 aromatic heterocycles. The maximum absolute atomic E-state index is 11.2. The fourth-order valence-corrected chi connectivity index (χ4v) is 2.37. The van der Waals surface area contributed by atoms with E-state index in [-0.39, 0.29) is 0 Å². The van der Waals surface area contributed by atoms with Gasteiger partial charge in [-0.15, -0.1) is 11.3 Å². The zero-order chi connectivity index (χ0) is 10.1. The number of hydrogen-bond acceptors (Lipinski definition) is 4. The Labute approximate surface area is 91.1 Å². The Hall–Kier alpha value is -1.000. The highest BCUT2D eigenvalue weighted by Gasteiger charge is 2.07. The van der Waals surface area contributed by atoms with E-state index >= 15 is 0 Å². The van der Waals surface area contributed by atoms with Crippen LogP contribution in [0.2, 0.25) is 0 Å². The third-order valence-corrected chi connectivity index (χ3v) is 3.16. The number of carbonyl (C=O) groups is 1. The van der Waals surface area contributed by atoms with Gasteiger partial charge in [0.1, 0.15) is 0 Å². The van der Waals surface area contributed by atoms with Gasteiger partial charge in [-0.1, -0.05) is 0 Å². The SMILES string of the molecule is Cc1cc2cc(C(=O)OS)ccc2s1. The summed E-state index contributed by atoms with van der Waals surface area (Å²) < 4.78 is 5.53. The van der Waals surface area contributed by atoms with Gasteiger partial charge in [-0.25, -0.2) is 4.79 Å². The van der Waals surface area contributed by atoms with Crippen molar-refractivity contribution >= 4 is 40.3 Å². The predicted molar refractivity (Wildman–Crippen MR) is 61.0 cm³/mol. The summed E-state index contributed by atoms with van der Waals surface area (Å²) in [5.41, 5.74) is 0.533. The molecule has 0 N–H and O–H groups in total. The van der Waals surface area contributed by atoms with Crippen LogP contribution in [0.15, 0.2) is 24.3 Å². The highest BCUT2D eigenvalue weighted by molar-refractivity contribution is 7.75. The molecule has 0 saturated carbocycles. The van der Waals surface area contributed by atoms with Gasteiger partial charge in [0.2, 0.25) is 0 Å². The third-order valence-electron chi connectivity index (χ3n) is 1.96. The van der Waals surface area contributed by atoms with Crippen molar-refractivity contribution in [3.8, 4) is 0 Å². The molecular formula is C10H8O2S2. The Kier molecular flexibility index (Phi) is 2.48. The molecule has 14 heavy (non-hydrogen) atoms. The predicted octanol–water partition coefficient (Wildman–Crippen LogP) is 3.21. The maximum Gasteiger partial charge on any atom is 0.349 e. The van der Waals surface area contributed by atoms with E-state index in [0.29, 0.717) is 5.56 Å². The molecule has 0 aliphatic heterocycles. The maximum atomic E-state index is 11.2. The summed E-state index contributed by atoms with van der Waals surface area (Å²) in [6.45, 7) is 2.04. The minimum absolute atomic E-state index is 0.418. The summed E-state index contributed by atoms with van der Waals surface area (Å²) in [6, 6.07) is 7.54. The molecule has 4 heteroatoms. The molecule has 2 aromatic rings. The summed E-state index contributed by atoms with van der Waals surface area (Å²) in [5.74, 6) is -0.418. The van der Waals surface area contributed by atoms with Crippen molar-refractivity contribution in [3.63, 3.8) is 0 Å². The van der Waals surface area contributed by atoms with Gasteiger partial charge in [0.25, 0.3) is 0 Å². The second-order valence-corrected chi connectivity index (χ2v) is 4.46. The fraction of sp³-hybridized carbons (Fsp3) is 0.100. The van der Waals surface area contributed by atoms with Gasteiger partial charge >= 0.3 is 5.97 Å². The van der Waals surface area contributed by atoms with E-state index in [1.54, 1.807) is 17.4 Å². The molecule has 2 rings (SSSR count). The Morgan fingerprint density at radius 1 is 1.43 bits per heavy atom. The molecule has 0 spiro atoms. The van der Waals surface area contributed by atoms with Crippen LogP contribution in [-0.2, 0) is 4.18 Å². The average Bonchev–Trinajstić information content (AvgIpc) is 2.55. The van der Waals surface area contributed by atoms with Crippen LogP contribution < -0.4 is 0 Å². The van der Waals surface area contributed by atoms with E-state index in [9.17, 15) is 4.79 Å². The van der Waals surface area contributed by atoms with Crippen LogP contribution in [0.25, 0.3) is 10.1 Å². The first-order valence-corrected chi connectivity index (χ1v) is 5.25. The summed E-state index contributed by atoms with van der Waals surface area (Å²) >= 11 is 5.19. The number of aryl methyl sites for hydroxylation is 1. The lowest BCUT2D eigenvalue weighted by molar-refractivity contribution is 0.0772. The molecular weight excluding hydrogens is 216 g/mol. The average molecular weight is 224 g/mol. The van der Waals surface area contributed by atoms with Crippen molar-refractivity contribution in [1.82, 2.24) is 0 Å². The number of fused-ring (bicyclic) bond motifs is 1. The highest BCUT2D eigenvalue weighted by atomic mass is 32.1. The van der Waals surface area contributed by atoms with Crippen molar-refractivity contribution in [2.45, 2.75) is 6.92 Å². The van der Waals surface area contributed by atoms with Crippen molar-refractivity contribution in [3.05, 3.63) is 34.7 Å². The van der Waals surface area contributed by atoms with Crippen LogP contribution in [0, 0.1) is 6.92 Å². The molecule has 0 amide bonds. The molecule has 0 saturated heterocycles. The van der Waals surface area contributed by atoms with Gasteiger partial charge in [-0.2, -0.15) is 0 Å². The van der Waals surface area contributed by atoms with Gasteiger partial charge < -0.3 is 4.18 Å². The second kappa shape index (κ2) is 3.63. The minimum Gasteiger partial charge on any atom is -0.391 e. The summed E-state index contributed by atoms with van der Waals surface area (Å²) in [4.78, 5) is 12.4. The van der Waals surface area contributed by atoms with Gasteiger partial charge in [-0.3, -0.25) is 0 Å². The number of rotatable bonds is 1. The van der Waals surface area contributed by atoms with Crippen molar-refractivity contribution < 1.29 is 8.98 Å². The van der Waals surface area contributed by atoms with Crippen molar-refractivity contribution in [2.24, 2.45) is 0 Å². The standard InChI is InChI=1S/C10H8O2S2/c1-6-4-8-5-7(10(11)12-13)2-3-9(8)14-6/h2-5,13H,1H3. The van der Waals surface area contributed by atoms with E-state index in [2.05, 4.69) is 23.2 Å². The second-order valence-electron chi connectivity index (χ2n) is 2.99. The molecule has 72 valence electrons. The van der Waals surface area contributed by atoms with E-state index in [4.69, 9.17) is 0 Å². The monoisotopic (exact) mass is 224 g/mol. The summed E-state index contributed by atoms with van der Waals surface area (Å²) in [7, 11) is 0. The molecule has 0 aliphatic rings. The number of hydrogen-bond donors (Lipinski definition) is 1. The van der Waals surface area contributed by atoms with Gasteiger partial charge in [0, 0.05) is 22.5 Å². The zero-order valence-electron chi connectivity index (χ0n) is 7.48. The lowest BCUT2D eigenvalue weighted by atomic mass is 10.2. The minimum atomic E-state index is -0.418. The molecule has 0 atom stereocenters. The van der Waals surface area contributed by atoms with Crippen LogP contribution in [-0.4, -0.2) is 5.97 Å². The van der Waals surface area contributed by atoms with Crippen LogP contribution in [0.1, 0.15) is 15.2 Å². The number of carbonyl (C=O) groups excluding carboxylic acids is 1. The smallest absolute Gasteiger partial charge is 0.349 e. The van der Waals surface area contributed by atoms with Gasteiger partial charge in [0.15, 0.2) is 0 Å². The normalized spacial score (nSPS) is 10.4. The Bertz CT molecular complexity index is 488. The molecule has 2 nitrogen and oxygen atoms in total. The van der Waals surface area contributed by atoms with Gasteiger partial charge in [0.05, 0.1) is 5.56 Å². The molecule has 0 fully saturated rings. The van der Waals surface area contributed by atoms with E-state index in [0.717, 1.165) is 5.39 Å². The molecule has 0 unspecified atom stereocenters. The van der Waals surface area contributed by atoms with E-state index in [1.807, 2.05) is 19.1 Å². The number of benzene rings is 1. The number of thiol groups is 1. The number of thiophene rings is 1. The van der Waals surface area contributed by atoms with E-state index < -0.39 is 5.97 Å². The fourth-order valence-electron chi connectivity index (χ4n) is 1.36. The third kappa shape index (κ3) is 1.63. The lowest BCUT2D eigenvalue weighted by Gasteiger charge is -1.96. The first kappa shape index (κ1) is 9.55. The highest BCUT2D eigenvalue weighted by Crippen LogP contribution is 2.25. The molecule has 1 heterocycles. The Morgan fingerprint density at radius 2 is 2.21 bits per heavy atom. The van der Waals surface area contributed by atoms with Crippen molar-refractivity contribution in [2.75, 3.05) is 0 Å². The summed E-state index contributed by atoms with van der Waals surface area (Å²) in [6.07, 6.45) is 0. The lowest BCUT2D eigenvalue weighted by Crippen LogP contribution is -1.96. The molecule has 0 radical (unpaired) electrons.